The number of fused-ring (bicyclic) bond motifs is 1. The Labute approximate surface area is 174 Å². The van der Waals surface area contributed by atoms with Gasteiger partial charge in [0.25, 0.3) is 0 Å². The number of rotatable bonds is 3. The third-order valence-electron chi connectivity index (χ3n) is 5.08. The number of thioether (sulfide) groups is 1. The molecule has 0 bridgehead atoms. The first kappa shape index (κ1) is 19.2. The van der Waals surface area contributed by atoms with E-state index in [2.05, 4.69) is 16.0 Å². The molecular weight excluding hydrogens is 392 g/mol. The van der Waals surface area contributed by atoms with Crippen LogP contribution in [0.15, 0.2) is 47.5 Å². The number of hydrogen-bond donors (Lipinski definition) is 3. The van der Waals surface area contributed by atoms with Gasteiger partial charge in [0.2, 0.25) is 5.91 Å². The van der Waals surface area contributed by atoms with Crippen LogP contribution in [0.4, 0.5) is 17.1 Å². The Bertz CT molecular complexity index is 924. The maximum absolute atomic E-state index is 11.4. The minimum atomic E-state index is -0.203. The van der Waals surface area contributed by atoms with Gasteiger partial charge in [-0.15, -0.1) is 0 Å². The fourth-order valence-corrected chi connectivity index (χ4v) is 5.08. The number of hydrogen-bond acceptors (Lipinski definition) is 4. The van der Waals surface area contributed by atoms with Gasteiger partial charge in [-0.05, 0) is 60.2 Å². The molecule has 0 radical (unpaired) electrons. The molecule has 0 atom stereocenters. The predicted octanol–water partition coefficient (Wildman–Crippen LogP) is 5.00. The van der Waals surface area contributed by atoms with E-state index >= 15 is 0 Å². The van der Waals surface area contributed by atoms with Gasteiger partial charge in [0.05, 0.1) is 23.5 Å². The molecule has 1 amide bonds. The highest BCUT2D eigenvalue weighted by molar-refractivity contribution is 7.99. The average molecular weight is 415 g/mol. The summed E-state index contributed by atoms with van der Waals surface area (Å²) in [5, 5.41) is 10.9. The maximum atomic E-state index is 11.4. The summed E-state index contributed by atoms with van der Waals surface area (Å²) in [7, 11) is 0. The number of aliphatic imine (C=N–C) groups is 1. The van der Waals surface area contributed by atoms with Crippen molar-refractivity contribution in [1.82, 2.24) is 0 Å². The molecule has 2 aromatic rings. The van der Waals surface area contributed by atoms with Crippen LogP contribution >= 0.6 is 23.4 Å². The van der Waals surface area contributed by atoms with Crippen LogP contribution in [0.1, 0.15) is 25.3 Å². The highest BCUT2D eigenvalue weighted by Crippen LogP contribution is 2.40. The normalized spacial score (nSPS) is 18.9. The molecule has 2 aliphatic heterocycles. The summed E-state index contributed by atoms with van der Waals surface area (Å²) in [5.74, 6) is 3.08. The molecule has 7 heteroatoms. The van der Waals surface area contributed by atoms with Crippen LogP contribution in [-0.4, -0.2) is 28.8 Å². The highest BCUT2D eigenvalue weighted by atomic mass is 35.5. The van der Waals surface area contributed by atoms with E-state index in [-0.39, 0.29) is 11.4 Å². The van der Waals surface area contributed by atoms with Crippen molar-refractivity contribution in [2.24, 2.45) is 4.99 Å². The zero-order valence-corrected chi connectivity index (χ0v) is 17.3. The Morgan fingerprint density at radius 3 is 2.79 bits per heavy atom. The average Bonchev–Trinajstić information content (AvgIpc) is 2.67. The minimum Gasteiger partial charge on any atom is -0.371 e. The summed E-state index contributed by atoms with van der Waals surface area (Å²) in [5.41, 5.74) is 3.66. The number of benzene rings is 2. The largest absolute Gasteiger partial charge is 0.371 e. The smallest absolute Gasteiger partial charge is 0.221 e. The summed E-state index contributed by atoms with van der Waals surface area (Å²) in [6.07, 6.45) is 2.01. The highest BCUT2D eigenvalue weighted by Gasteiger charge is 2.41. The maximum Gasteiger partial charge on any atom is 0.221 e. The molecule has 2 heterocycles. The van der Waals surface area contributed by atoms with Gasteiger partial charge in [0, 0.05) is 17.6 Å². The van der Waals surface area contributed by atoms with E-state index in [1.165, 1.54) is 6.92 Å². The lowest BCUT2D eigenvalue weighted by Crippen LogP contribution is -2.54. The van der Waals surface area contributed by atoms with Gasteiger partial charge in [-0.25, -0.2) is 0 Å². The Morgan fingerprint density at radius 1 is 1.21 bits per heavy atom. The lowest BCUT2D eigenvalue weighted by Gasteiger charge is -2.44. The molecule has 2 aromatic carbocycles. The number of halogens is 1. The molecule has 0 saturated carbocycles. The van der Waals surface area contributed by atoms with Crippen molar-refractivity contribution in [2.45, 2.75) is 31.8 Å². The molecule has 3 N–H and O–H groups in total. The van der Waals surface area contributed by atoms with Crippen molar-refractivity contribution in [3.63, 3.8) is 0 Å². The molecule has 0 aliphatic carbocycles. The number of nitrogens with one attached hydrogen (secondary N) is 3. The fraction of sp³-hybridized carbons (Fsp3) is 0.333. The van der Waals surface area contributed by atoms with Crippen LogP contribution in [0.3, 0.4) is 0 Å². The zero-order chi connectivity index (χ0) is 19.6. The summed E-state index contributed by atoms with van der Waals surface area (Å²) >= 11 is 8.09. The minimum absolute atomic E-state index is 0.0729. The second-order valence-corrected chi connectivity index (χ2v) is 8.84. The van der Waals surface area contributed by atoms with Crippen molar-refractivity contribution >= 4 is 52.2 Å². The molecule has 1 fully saturated rings. The molecule has 0 aromatic heterocycles. The van der Waals surface area contributed by atoms with Gasteiger partial charge in [-0.2, -0.15) is 11.8 Å². The Morgan fingerprint density at radius 2 is 2.04 bits per heavy atom. The summed E-state index contributed by atoms with van der Waals surface area (Å²) < 4.78 is 0. The topological polar surface area (TPSA) is 65.5 Å². The molecule has 146 valence electrons. The number of carbonyl (C=O) groups is 1. The molecular formula is C21H23ClN4OS. The van der Waals surface area contributed by atoms with Gasteiger partial charge in [0.1, 0.15) is 5.84 Å². The molecule has 5 nitrogen and oxygen atoms in total. The number of carbonyl (C=O) groups excluding carboxylic acids is 1. The van der Waals surface area contributed by atoms with E-state index < -0.39 is 0 Å². The van der Waals surface area contributed by atoms with E-state index in [4.69, 9.17) is 16.6 Å². The lowest BCUT2D eigenvalue weighted by molar-refractivity contribution is -0.114. The number of anilines is 3. The Kier molecular flexibility index (Phi) is 5.51. The van der Waals surface area contributed by atoms with Gasteiger partial charge < -0.3 is 16.0 Å². The van der Waals surface area contributed by atoms with Crippen LogP contribution in [0.5, 0.6) is 0 Å². The molecule has 1 spiro atoms. The molecule has 0 unspecified atom stereocenters. The predicted molar refractivity (Wildman–Crippen MR) is 120 cm³/mol. The monoisotopic (exact) mass is 414 g/mol. The SMILES string of the molecule is CC(=O)Nc1ccc2c(c1)NC1(CCSCC1)C(=NCc1cccc(Cl)c1)N2. The van der Waals surface area contributed by atoms with Crippen LogP contribution < -0.4 is 16.0 Å². The first-order valence-corrected chi connectivity index (χ1v) is 10.9. The molecule has 28 heavy (non-hydrogen) atoms. The fourth-order valence-electron chi connectivity index (χ4n) is 3.68. The van der Waals surface area contributed by atoms with Gasteiger partial charge in [-0.3, -0.25) is 9.79 Å². The van der Waals surface area contributed by atoms with Crippen LogP contribution in [-0.2, 0) is 11.3 Å². The summed E-state index contributed by atoms with van der Waals surface area (Å²) in [6.45, 7) is 2.10. The van der Waals surface area contributed by atoms with Crippen molar-refractivity contribution in [3.8, 4) is 0 Å². The van der Waals surface area contributed by atoms with E-state index in [1.807, 2.05) is 54.2 Å². The molecule has 2 aliphatic rings. The van der Waals surface area contributed by atoms with Crippen molar-refractivity contribution in [2.75, 3.05) is 27.5 Å². The standard InChI is InChI=1S/C21H23ClN4OS/c1-14(27)24-17-5-6-18-19(12-17)26-21(7-9-28-10-8-21)20(25-18)23-13-15-3-2-4-16(22)11-15/h2-6,11-12,26H,7-10,13H2,1H3,(H,23,25)(H,24,27). The van der Waals surface area contributed by atoms with Crippen molar-refractivity contribution < 1.29 is 4.79 Å². The summed E-state index contributed by atoms with van der Waals surface area (Å²) in [4.78, 5) is 16.3. The zero-order valence-electron chi connectivity index (χ0n) is 15.7. The van der Waals surface area contributed by atoms with E-state index in [0.29, 0.717) is 6.54 Å². The molecule has 4 rings (SSSR count). The van der Waals surface area contributed by atoms with Gasteiger partial charge in [-0.1, -0.05) is 23.7 Å². The third kappa shape index (κ3) is 4.13. The first-order chi connectivity index (χ1) is 13.5. The van der Waals surface area contributed by atoms with Crippen LogP contribution in [0.2, 0.25) is 5.02 Å². The molecule has 1 saturated heterocycles. The van der Waals surface area contributed by atoms with Gasteiger partial charge >= 0.3 is 0 Å². The number of amides is 1. The number of nitrogens with zero attached hydrogens (tertiary/aromatic N) is 1. The van der Waals surface area contributed by atoms with Crippen molar-refractivity contribution in [1.29, 1.82) is 0 Å². The first-order valence-electron chi connectivity index (χ1n) is 9.38. The second kappa shape index (κ2) is 8.05. The van der Waals surface area contributed by atoms with E-state index in [9.17, 15) is 4.79 Å². The lowest BCUT2D eigenvalue weighted by atomic mass is 9.87. The van der Waals surface area contributed by atoms with Crippen LogP contribution in [0, 0.1) is 0 Å². The van der Waals surface area contributed by atoms with Gasteiger partial charge in [0.15, 0.2) is 0 Å². The Balaban J connectivity index is 1.65. The van der Waals surface area contributed by atoms with Crippen LogP contribution in [0.25, 0.3) is 0 Å². The quantitative estimate of drug-likeness (QED) is 0.661. The summed E-state index contributed by atoms with van der Waals surface area (Å²) in [6, 6.07) is 13.7. The van der Waals surface area contributed by atoms with Crippen molar-refractivity contribution in [3.05, 3.63) is 53.1 Å². The Hall–Kier alpha value is -2.18. The van der Waals surface area contributed by atoms with E-state index in [1.54, 1.807) is 0 Å². The van der Waals surface area contributed by atoms with E-state index in [0.717, 1.165) is 57.8 Å². The second-order valence-electron chi connectivity index (χ2n) is 7.18. The number of amidine groups is 1. The third-order valence-corrected chi connectivity index (χ3v) is 6.30.